The minimum atomic E-state index is -2.39. The van der Waals surface area contributed by atoms with Gasteiger partial charge in [0, 0.05) is 41.1 Å². The Balaban J connectivity index is 1.52. The summed E-state index contributed by atoms with van der Waals surface area (Å²) in [5.41, 5.74) is 8.76. The first-order chi connectivity index (χ1) is 13.3. The predicted molar refractivity (Wildman–Crippen MR) is 113 cm³/mol. The van der Waals surface area contributed by atoms with E-state index in [0.717, 1.165) is 29.1 Å². The largest absolute Gasteiger partial charge is 0.492 e. The summed E-state index contributed by atoms with van der Waals surface area (Å²) in [5, 5.41) is 0. The van der Waals surface area contributed by atoms with Gasteiger partial charge < -0.3 is 15.4 Å². The molecule has 2 heterocycles. The standard InChI is InChI=1S/C22H28N2O3S/c1-28(2,26)18-5-3-4-17(13-18)21(25)24-10-8-22(9-11-24)15-27-20-7-6-16(14-23)12-19(20)22/h3-7,12-13,28H,8-11,14-15,23H2,1-2H3. The Morgan fingerprint density at radius 2 is 1.93 bits per heavy atom. The summed E-state index contributed by atoms with van der Waals surface area (Å²) in [6.07, 6.45) is 5.21. The molecule has 0 unspecified atom stereocenters. The molecule has 2 aliphatic heterocycles. The van der Waals surface area contributed by atoms with Crippen molar-refractivity contribution in [3.05, 3.63) is 59.2 Å². The Labute approximate surface area is 167 Å². The van der Waals surface area contributed by atoms with Crippen LogP contribution in [0.4, 0.5) is 0 Å². The molecule has 5 nitrogen and oxygen atoms in total. The molecule has 150 valence electrons. The van der Waals surface area contributed by atoms with Gasteiger partial charge in [-0.05, 0) is 55.2 Å². The topological polar surface area (TPSA) is 72.6 Å². The van der Waals surface area contributed by atoms with E-state index >= 15 is 0 Å². The minimum Gasteiger partial charge on any atom is -0.492 e. The number of nitrogens with zero attached hydrogens (tertiary/aromatic N) is 1. The van der Waals surface area contributed by atoms with Gasteiger partial charge in [0.1, 0.15) is 5.75 Å². The fourth-order valence-corrected chi connectivity index (χ4v) is 5.14. The second-order valence-electron chi connectivity index (χ2n) is 8.30. The van der Waals surface area contributed by atoms with Crippen molar-refractivity contribution < 1.29 is 13.7 Å². The zero-order valence-electron chi connectivity index (χ0n) is 16.5. The third-order valence-corrected chi connectivity index (χ3v) is 7.60. The van der Waals surface area contributed by atoms with Crippen molar-refractivity contribution in [2.75, 3.05) is 32.2 Å². The van der Waals surface area contributed by atoms with Crippen LogP contribution in [-0.2, 0) is 21.9 Å². The molecule has 0 aliphatic carbocycles. The lowest BCUT2D eigenvalue weighted by molar-refractivity contribution is 0.0646. The minimum absolute atomic E-state index is 0.0139. The molecule has 2 aromatic carbocycles. The van der Waals surface area contributed by atoms with Crippen molar-refractivity contribution in [1.82, 2.24) is 4.90 Å². The number of likely N-dealkylation sites (tertiary alicyclic amines) is 1. The number of hydrogen-bond donors (Lipinski definition) is 2. The van der Waals surface area contributed by atoms with Crippen LogP contribution >= 0.6 is 0 Å². The number of hydrogen-bond acceptors (Lipinski definition) is 4. The number of amides is 1. The summed E-state index contributed by atoms with van der Waals surface area (Å²) in [5.74, 6) is 0.964. The molecular formula is C22H28N2O3S. The van der Waals surface area contributed by atoms with E-state index in [4.69, 9.17) is 10.5 Å². The number of carbonyl (C=O) groups excluding carboxylic acids is 1. The van der Waals surface area contributed by atoms with Crippen LogP contribution in [0.15, 0.2) is 47.4 Å². The molecule has 0 atom stereocenters. The molecule has 0 aromatic heterocycles. The number of ether oxygens (including phenoxy) is 1. The van der Waals surface area contributed by atoms with Crippen LogP contribution in [0.3, 0.4) is 0 Å². The normalized spacial score (nSPS) is 18.6. The molecule has 2 aliphatic rings. The fraction of sp³-hybridized carbons (Fsp3) is 0.409. The number of benzene rings is 2. The van der Waals surface area contributed by atoms with Crippen LogP contribution in [0.25, 0.3) is 0 Å². The smallest absolute Gasteiger partial charge is 0.253 e. The monoisotopic (exact) mass is 400 g/mol. The third-order valence-electron chi connectivity index (χ3n) is 6.08. The van der Waals surface area contributed by atoms with Gasteiger partial charge in [0.05, 0.1) is 6.61 Å². The van der Waals surface area contributed by atoms with E-state index < -0.39 is 9.93 Å². The second kappa shape index (κ2) is 7.01. The quantitative estimate of drug-likeness (QED) is 0.776. The Kier molecular flexibility index (Phi) is 4.79. The predicted octanol–water partition coefficient (Wildman–Crippen LogP) is 2.35. The molecule has 2 N–H and O–H groups in total. The van der Waals surface area contributed by atoms with Crippen molar-refractivity contribution in [3.8, 4) is 5.75 Å². The third kappa shape index (κ3) is 3.35. The van der Waals surface area contributed by atoms with E-state index in [0.29, 0.717) is 31.8 Å². The molecule has 1 amide bonds. The SMILES string of the molecule is C[SH](C)(=O)c1cccc(C(=O)N2CCC3(CC2)COc2ccc(CN)cc23)c1. The molecule has 2 aromatic rings. The summed E-state index contributed by atoms with van der Waals surface area (Å²) in [7, 11) is -2.39. The maximum Gasteiger partial charge on any atom is 0.253 e. The maximum atomic E-state index is 13.0. The number of thiol groups is 1. The zero-order chi connectivity index (χ0) is 19.9. The number of piperidine rings is 1. The molecule has 0 saturated carbocycles. The summed E-state index contributed by atoms with van der Waals surface area (Å²) < 4.78 is 18.3. The molecular weight excluding hydrogens is 372 g/mol. The molecule has 1 fully saturated rings. The van der Waals surface area contributed by atoms with Crippen molar-refractivity contribution >= 4 is 15.8 Å². The Hall–Kier alpha value is -2.18. The molecule has 6 heteroatoms. The molecule has 4 rings (SSSR count). The average molecular weight is 401 g/mol. The maximum absolute atomic E-state index is 13.0. The Bertz CT molecular complexity index is 958. The highest BCUT2D eigenvalue weighted by Gasteiger charge is 2.43. The first-order valence-electron chi connectivity index (χ1n) is 9.74. The zero-order valence-corrected chi connectivity index (χ0v) is 17.4. The summed E-state index contributed by atoms with van der Waals surface area (Å²) >= 11 is 0. The van der Waals surface area contributed by atoms with Gasteiger partial charge >= 0.3 is 0 Å². The van der Waals surface area contributed by atoms with Gasteiger partial charge in [0.15, 0.2) is 0 Å². The average Bonchev–Trinajstić information content (AvgIpc) is 3.05. The second-order valence-corrected chi connectivity index (χ2v) is 11.5. The number of nitrogens with two attached hydrogens (primary N) is 1. The van der Waals surface area contributed by atoms with E-state index in [-0.39, 0.29) is 11.3 Å². The number of carbonyl (C=O) groups is 1. The van der Waals surface area contributed by atoms with Crippen LogP contribution < -0.4 is 10.5 Å². The van der Waals surface area contributed by atoms with E-state index in [1.54, 1.807) is 18.6 Å². The lowest BCUT2D eigenvalue weighted by Gasteiger charge is -2.38. The number of fused-ring (bicyclic) bond motifs is 2. The molecule has 0 radical (unpaired) electrons. The molecule has 1 saturated heterocycles. The van der Waals surface area contributed by atoms with Crippen molar-refractivity contribution in [2.45, 2.75) is 29.7 Å². The summed E-state index contributed by atoms with van der Waals surface area (Å²) in [6, 6.07) is 13.5. The highest BCUT2D eigenvalue weighted by Crippen LogP contribution is 2.46. The van der Waals surface area contributed by atoms with Gasteiger partial charge in [-0.1, -0.05) is 28.1 Å². The van der Waals surface area contributed by atoms with Crippen LogP contribution in [0.5, 0.6) is 5.75 Å². The number of rotatable bonds is 3. The Morgan fingerprint density at radius 3 is 2.61 bits per heavy atom. The van der Waals surface area contributed by atoms with Gasteiger partial charge in [-0.2, -0.15) is 0 Å². The van der Waals surface area contributed by atoms with Gasteiger partial charge in [0.25, 0.3) is 5.91 Å². The van der Waals surface area contributed by atoms with E-state index in [1.807, 2.05) is 35.2 Å². The fourth-order valence-electron chi connectivity index (χ4n) is 4.25. The summed E-state index contributed by atoms with van der Waals surface area (Å²) in [4.78, 5) is 15.7. The van der Waals surface area contributed by atoms with Crippen molar-refractivity contribution in [3.63, 3.8) is 0 Å². The van der Waals surface area contributed by atoms with E-state index in [2.05, 4.69) is 6.07 Å². The van der Waals surface area contributed by atoms with Crippen LogP contribution in [0.2, 0.25) is 0 Å². The lowest BCUT2D eigenvalue weighted by Crippen LogP contribution is -2.46. The highest BCUT2D eigenvalue weighted by molar-refractivity contribution is 8.01. The lowest BCUT2D eigenvalue weighted by atomic mass is 9.74. The highest BCUT2D eigenvalue weighted by atomic mass is 32.2. The van der Waals surface area contributed by atoms with Gasteiger partial charge in [0.2, 0.25) is 0 Å². The first-order valence-corrected chi connectivity index (χ1v) is 12.3. The summed E-state index contributed by atoms with van der Waals surface area (Å²) in [6.45, 7) is 2.56. The van der Waals surface area contributed by atoms with Crippen molar-refractivity contribution in [2.24, 2.45) is 5.73 Å². The van der Waals surface area contributed by atoms with Gasteiger partial charge in [-0.15, -0.1) is 0 Å². The Morgan fingerprint density at radius 1 is 1.18 bits per heavy atom. The van der Waals surface area contributed by atoms with Crippen LogP contribution in [0, 0.1) is 0 Å². The van der Waals surface area contributed by atoms with Gasteiger partial charge in [-0.3, -0.25) is 9.00 Å². The van der Waals surface area contributed by atoms with Crippen molar-refractivity contribution in [1.29, 1.82) is 0 Å². The van der Waals surface area contributed by atoms with Crippen LogP contribution in [0.1, 0.15) is 34.3 Å². The van der Waals surface area contributed by atoms with Crippen LogP contribution in [-0.4, -0.2) is 47.2 Å². The van der Waals surface area contributed by atoms with E-state index in [1.165, 1.54) is 5.56 Å². The molecule has 0 bridgehead atoms. The molecule has 1 spiro atoms. The molecule has 28 heavy (non-hydrogen) atoms. The van der Waals surface area contributed by atoms with Gasteiger partial charge in [-0.25, -0.2) is 0 Å². The van der Waals surface area contributed by atoms with E-state index in [9.17, 15) is 9.00 Å². The first kappa shape index (κ1) is 19.2.